The van der Waals surface area contributed by atoms with Crippen molar-refractivity contribution in [2.45, 2.75) is 46.4 Å². The number of hydrogen-bond acceptors (Lipinski definition) is 7. The highest BCUT2D eigenvalue weighted by atomic mass is 32.2. The van der Waals surface area contributed by atoms with Gasteiger partial charge in [0.05, 0.1) is 13.2 Å². The molecular formula is C21H29N4O5PS. The lowest BCUT2D eigenvalue weighted by Gasteiger charge is -2.23. The van der Waals surface area contributed by atoms with Gasteiger partial charge in [-0.3, -0.25) is 9.32 Å². The van der Waals surface area contributed by atoms with Crippen LogP contribution in [0, 0.1) is 20.8 Å². The van der Waals surface area contributed by atoms with Gasteiger partial charge < -0.3 is 20.4 Å². The zero-order valence-electron chi connectivity index (χ0n) is 18.6. The Balaban J connectivity index is 2.30. The number of hydrogen-bond donors (Lipinski definition) is 3. The molecule has 2 rings (SSSR count). The van der Waals surface area contributed by atoms with Gasteiger partial charge in [-0.2, -0.15) is 0 Å². The lowest BCUT2D eigenvalue weighted by Crippen LogP contribution is -2.22. The van der Waals surface area contributed by atoms with Crippen LogP contribution in [0.4, 0.5) is 5.82 Å². The van der Waals surface area contributed by atoms with Gasteiger partial charge in [0.15, 0.2) is 0 Å². The van der Waals surface area contributed by atoms with Gasteiger partial charge in [0.1, 0.15) is 11.6 Å². The number of nitrogen functional groups attached to an aromatic ring is 1. The molecule has 0 aliphatic heterocycles. The SMILES string of the molecule is C/C(=C(\CCOP(=O)(O)O)SCc1c(C)cccc1C)N(C=O)Cc1cnc(C)nc1N. The van der Waals surface area contributed by atoms with Crippen molar-refractivity contribution in [3.05, 3.63) is 63.1 Å². The predicted molar refractivity (Wildman–Crippen MR) is 125 cm³/mol. The maximum Gasteiger partial charge on any atom is 0.469 e. The third-order valence-corrected chi connectivity index (χ3v) is 6.74. The van der Waals surface area contributed by atoms with E-state index in [4.69, 9.17) is 15.5 Å². The number of aryl methyl sites for hydroxylation is 3. The first-order valence-electron chi connectivity index (χ1n) is 9.89. The number of aromatic nitrogens is 2. The minimum Gasteiger partial charge on any atom is -0.383 e. The number of nitrogens with zero attached hydrogens (tertiary/aromatic N) is 3. The van der Waals surface area contributed by atoms with E-state index < -0.39 is 7.82 Å². The largest absolute Gasteiger partial charge is 0.469 e. The molecule has 174 valence electrons. The maximum absolute atomic E-state index is 11.9. The second-order valence-electron chi connectivity index (χ2n) is 7.30. The van der Waals surface area contributed by atoms with Crippen molar-refractivity contribution in [1.82, 2.24) is 14.9 Å². The van der Waals surface area contributed by atoms with Gasteiger partial charge in [-0.05, 0) is 44.4 Å². The summed E-state index contributed by atoms with van der Waals surface area (Å²) in [5.74, 6) is 1.48. The molecule has 0 aliphatic rings. The molecule has 0 fully saturated rings. The van der Waals surface area contributed by atoms with Crippen LogP contribution in [0.2, 0.25) is 0 Å². The fourth-order valence-electron chi connectivity index (χ4n) is 3.06. The zero-order chi connectivity index (χ0) is 23.9. The Morgan fingerprint density at radius 2 is 1.94 bits per heavy atom. The van der Waals surface area contributed by atoms with Crippen LogP contribution < -0.4 is 5.73 Å². The minimum absolute atomic E-state index is 0.175. The summed E-state index contributed by atoms with van der Waals surface area (Å²) >= 11 is 1.51. The summed E-state index contributed by atoms with van der Waals surface area (Å²) in [5, 5.41) is 0. The summed E-state index contributed by atoms with van der Waals surface area (Å²) in [6, 6.07) is 6.07. The molecule has 0 saturated carbocycles. The Hall–Kier alpha value is -2.23. The van der Waals surface area contributed by atoms with Gasteiger partial charge in [0.25, 0.3) is 0 Å². The summed E-state index contributed by atoms with van der Waals surface area (Å²) in [6.45, 7) is 7.57. The average molecular weight is 481 g/mol. The molecule has 2 aromatic rings. The van der Waals surface area contributed by atoms with E-state index in [2.05, 4.69) is 14.5 Å². The van der Waals surface area contributed by atoms with Crippen LogP contribution in [0.3, 0.4) is 0 Å². The third kappa shape index (κ3) is 7.72. The standard InChI is InChI=1S/C21H29N4O5PS/c1-14-6-5-7-15(2)19(14)12-32-20(8-9-30-31(27,28)29)16(3)25(13-26)11-18-10-23-17(4)24-21(18)22/h5-7,10,13H,8-9,11-12H2,1-4H3,(H2,22,23,24)(H2,27,28,29)/b20-16-. The number of benzene rings is 1. The van der Waals surface area contributed by atoms with Crippen LogP contribution in [-0.2, 0) is 26.2 Å². The summed E-state index contributed by atoms with van der Waals surface area (Å²) < 4.78 is 15.7. The number of phosphoric acid groups is 1. The molecule has 1 amide bonds. The number of carbonyl (C=O) groups is 1. The van der Waals surface area contributed by atoms with Crippen molar-refractivity contribution in [3.63, 3.8) is 0 Å². The summed E-state index contributed by atoms with van der Waals surface area (Å²) in [7, 11) is -4.59. The van der Waals surface area contributed by atoms with E-state index >= 15 is 0 Å². The van der Waals surface area contributed by atoms with Crippen molar-refractivity contribution in [2.75, 3.05) is 12.3 Å². The number of amides is 1. The van der Waals surface area contributed by atoms with Crippen LogP contribution in [0.15, 0.2) is 35.0 Å². The first-order chi connectivity index (χ1) is 15.0. The van der Waals surface area contributed by atoms with Crippen molar-refractivity contribution >= 4 is 31.8 Å². The molecule has 11 heteroatoms. The van der Waals surface area contributed by atoms with E-state index in [1.807, 2.05) is 32.0 Å². The van der Waals surface area contributed by atoms with E-state index in [-0.39, 0.29) is 19.6 Å². The first kappa shape index (κ1) is 26.0. The quantitative estimate of drug-likeness (QED) is 0.325. The predicted octanol–water partition coefficient (Wildman–Crippen LogP) is 3.61. The van der Waals surface area contributed by atoms with E-state index in [9.17, 15) is 9.36 Å². The number of anilines is 1. The molecule has 1 aromatic carbocycles. The van der Waals surface area contributed by atoms with E-state index in [0.717, 1.165) is 16.0 Å². The molecule has 32 heavy (non-hydrogen) atoms. The maximum atomic E-state index is 11.9. The molecule has 1 aromatic heterocycles. The van der Waals surface area contributed by atoms with Gasteiger partial charge in [-0.1, -0.05) is 18.2 Å². The molecule has 9 nitrogen and oxygen atoms in total. The second kappa shape index (κ2) is 11.6. The summed E-state index contributed by atoms with van der Waals surface area (Å²) in [4.78, 5) is 40.5. The Labute approximate surface area is 192 Å². The molecule has 0 spiro atoms. The van der Waals surface area contributed by atoms with Gasteiger partial charge in [0.2, 0.25) is 6.41 Å². The monoisotopic (exact) mass is 480 g/mol. The molecule has 0 radical (unpaired) electrons. The smallest absolute Gasteiger partial charge is 0.383 e. The molecule has 0 unspecified atom stereocenters. The number of rotatable bonds is 11. The highest BCUT2D eigenvalue weighted by molar-refractivity contribution is 8.02. The highest BCUT2D eigenvalue weighted by Gasteiger charge is 2.18. The second-order valence-corrected chi connectivity index (χ2v) is 9.61. The lowest BCUT2D eigenvalue weighted by atomic mass is 10.1. The van der Waals surface area contributed by atoms with Crippen LogP contribution in [0.1, 0.15) is 41.4 Å². The average Bonchev–Trinajstić information content (AvgIpc) is 2.70. The molecule has 1 heterocycles. The normalized spacial score (nSPS) is 12.4. The molecule has 4 N–H and O–H groups in total. The third-order valence-electron chi connectivity index (χ3n) is 4.94. The van der Waals surface area contributed by atoms with E-state index in [0.29, 0.717) is 35.1 Å². The fourth-order valence-corrected chi connectivity index (χ4v) is 4.72. The Bertz CT molecular complexity index is 1020. The van der Waals surface area contributed by atoms with Gasteiger partial charge in [-0.25, -0.2) is 14.5 Å². The first-order valence-corrected chi connectivity index (χ1v) is 12.4. The molecule has 0 atom stereocenters. The molecular weight excluding hydrogens is 451 g/mol. The van der Waals surface area contributed by atoms with Crippen LogP contribution >= 0.6 is 19.6 Å². The van der Waals surface area contributed by atoms with Crippen LogP contribution in [-0.4, -0.2) is 37.7 Å². The van der Waals surface area contributed by atoms with Crippen LogP contribution in [0.25, 0.3) is 0 Å². The number of nitrogens with two attached hydrogens (primary N) is 1. The summed E-state index contributed by atoms with van der Waals surface area (Å²) in [6.07, 6.45) is 2.51. The number of carbonyl (C=O) groups excluding carboxylic acids is 1. The van der Waals surface area contributed by atoms with Crippen molar-refractivity contribution in [2.24, 2.45) is 0 Å². The number of phosphoric ester groups is 1. The van der Waals surface area contributed by atoms with Crippen molar-refractivity contribution in [3.8, 4) is 0 Å². The van der Waals surface area contributed by atoms with Gasteiger partial charge in [-0.15, -0.1) is 11.8 Å². The molecule has 0 bridgehead atoms. The van der Waals surface area contributed by atoms with E-state index in [1.165, 1.54) is 22.2 Å². The van der Waals surface area contributed by atoms with Crippen molar-refractivity contribution < 1.29 is 23.7 Å². The zero-order valence-corrected chi connectivity index (χ0v) is 20.3. The Morgan fingerprint density at radius 3 is 2.50 bits per heavy atom. The number of thioether (sulfide) groups is 1. The Morgan fingerprint density at radius 1 is 1.28 bits per heavy atom. The Kier molecular flexibility index (Phi) is 9.42. The highest BCUT2D eigenvalue weighted by Crippen LogP contribution is 2.38. The topological polar surface area (TPSA) is 139 Å². The lowest BCUT2D eigenvalue weighted by molar-refractivity contribution is -0.116. The fraction of sp³-hybridized carbons (Fsp3) is 0.381. The van der Waals surface area contributed by atoms with E-state index in [1.54, 1.807) is 20.0 Å². The molecule has 0 aliphatic carbocycles. The van der Waals surface area contributed by atoms with Crippen molar-refractivity contribution in [1.29, 1.82) is 0 Å². The van der Waals surface area contributed by atoms with Gasteiger partial charge in [0, 0.05) is 34.5 Å². The molecule has 0 saturated heterocycles. The summed E-state index contributed by atoms with van der Waals surface area (Å²) in [5.41, 5.74) is 10.7. The van der Waals surface area contributed by atoms with Gasteiger partial charge >= 0.3 is 7.82 Å². The van der Waals surface area contributed by atoms with Crippen LogP contribution in [0.5, 0.6) is 0 Å². The number of allylic oxidation sites excluding steroid dienone is 1. The minimum atomic E-state index is -4.59.